The van der Waals surface area contributed by atoms with E-state index in [0.717, 1.165) is 30.5 Å². The van der Waals surface area contributed by atoms with Crippen LogP contribution in [0.3, 0.4) is 0 Å². The highest BCUT2D eigenvalue weighted by Crippen LogP contribution is 2.30. The highest BCUT2D eigenvalue weighted by Gasteiger charge is 2.27. The van der Waals surface area contributed by atoms with Gasteiger partial charge in [-0.1, -0.05) is 37.3 Å². The van der Waals surface area contributed by atoms with Gasteiger partial charge in [-0.15, -0.1) is 0 Å². The summed E-state index contributed by atoms with van der Waals surface area (Å²) in [7, 11) is 0. The van der Waals surface area contributed by atoms with Crippen molar-refractivity contribution in [1.82, 2.24) is 19.7 Å². The van der Waals surface area contributed by atoms with Crippen LogP contribution in [0.2, 0.25) is 0 Å². The zero-order valence-corrected chi connectivity index (χ0v) is 15.1. The van der Waals surface area contributed by atoms with E-state index in [1.807, 2.05) is 33.8 Å². The summed E-state index contributed by atoms with van der Waals surface area (Å²) in [5.41, 5.74) is 2.65. The van der Waals surface area contributed by atoms with Gasteiger partial charge in [0.2, 0.25) is 0 Å². The topological polar surface area (TPSA) is 51.0 Å². The lowest BCUT2D eigenvalue weighted by Gasteiger charge is -2.22. The molecule has 2 aromatic heterocycles. The van der Waals surface area contributed by atoms with E-state index in [9.17, 15) is 4.79 Å². The van der Waals surface area contributed by atoms with Crippen molar-refractivity contribution < 1.29 is 4.79 Å². The number of hydrogen-bond donors (Lipinski definition) is 0. The van der Waals surface area contributed by atoms with Crippen LogP contribution in [-0.2, 0) is 6.54 Å². The molecular weight excluding hydrogens is 324 g/mol. The first-order valence-electron chi connectivity index (χ1n) is 9.39. The SMILES string of the molecule is CCCN(CC1CC1)C(=O)c1cnc2c(cnn2Cc2ccccc2)c1. The first-order chi connectivity index (χ1) is 12.7. The van der Waals surface area contributed by atoms with Gasteiger partial charge >= 0.3 is 0 Å². The number of benzene rings is 1. The Morgan fingerprint density at radius 2 is 2.04 bits per heavy atom. The Hall–Kier alpha value is -2.69. The second-order valence-corrected chi connectivity index (χ2v) is 7.12. The van der Waals surface area contributed by atoms with E-state index in [-0.39, 0.29) is 5.91 Å². The van der Waals surface area contributed by atoms with Crippen molar-refractivity contribution in [3.8, 4) is 0 Å². The van der Waals surface area contributed by atoms with Crippen molar-refractivity contribution in [2.24, 2.45) is 5.92 Å². The van der Waals surface area contributed by atoms with Crippen LogP contribution in [0.15, 0.2) is 48.8 Å². The average molecular weight is 348 g/mol. The van der Waals surface area contributed by atoms with E-state index in [1.165, 1.54) is 18.4 Å². The van der Waals surface area contributed by atoms with Crippen LogP contribution in [0.4, 0.5) is 0 Å². The molecule has 0 radical (unpaired) electrons. The van der Waals surface area contributed by atoms with Crippen molar-refractivity contribution in [3.63, 3.8) is 0 Å². The molecule has 0 unspecified atom stereocenters. The number of carbonyl (C=O) groups excluding carboxylic acids is 1. The lowest BCUT2D eigenvalue weighted by Crippen LogP contribution is -2.33. The van der Waals surface area contributed by atoms with Gasteiger partial charge in [-0.05, 0) is 36.8 Å². The third kappa shape index (κ3) is 3.62. The summed E-state index contributed by atoms with van der Waals surface area (Å²) in [6.45, 7) is 4.47. The van der Waals surface area contributed by atoms with E-state index < -0.39 is 0 Å². The molecule has 0 saturated heterocycles. The van der Waals surface area contributed by atoms with E-state index >= 15 is 0 Å². The first-order valence-corrected chi connectivity index (χ1v) is 9.39. The molecule has 0 aliphatic heterocycles. The Labute approximate surface area is 153 Å². The van der Waals surface area contributed by atoms with Gasteiger partial charge < -0.3 is 4.90 Å². The van der Waals surface area contributed by atoms with Crippen LogP contribution < -0.4 is 0 Å². The highest BCUT2D eigenvalue weighted by molar-refractivity contribution is 5.96. The van der Waals surface area contributed by atoms with Crippen LogP contribution in [-0.4, -0.2) is 38.7 Å². The fourth-order valence-corrected chi connectivity index (χ4v) is 3.30. The molecule has 4 rings (SSSR count). The Morgan fingerprint density at radius 3 is 2.77 bits per heavy atom. The molecule has 1 fully saturated rings. The average Bonchev–Trinajstić information content (AvgIpc) is 3.41. The summed E-state index contributed by atoms with van der Waals surface area (Å²) in [5, 5.41) is 5.37. The number of aromatic nitrogens is 3. The standard InChI is InChI=1S/C21H24N4O/c1-2-10-24(14-17-8-9-17)21(26)19-11-18-13-23-25(20(18)22-12-19)15-16-6-4-3-5-7-16/h3-7,11-13,17H,2,8-10,14-15H2,1H3. The summed E-state index contributed by atoms with van der Waals surface area (Å²) in [6.07, 6.45) is 6.97. The van der Waals surface area contributed by atoms with Gasteiger partial charge in [0.1, 0.15) is 0 Å². The largest absolute Gasteiger partial charge is 0.338 e. The molecule has 1 saturated carbocycles. The number of hydrogen-bond acceptors (Lipinski definition) is 3. The molecule has 3 aromatic rings. The number of carbonyl (C=O) groups is 1. The third-order valence-electron chi connectivity index (χ3n) is 4.85. The van der Waals surface area contributed by atoms with E-state index in [1.54, 1.807) is 12.4 Å². The highest BCUT2D eigenvalue weighted by atomic mass is 16.2. The molecule has 1 aliphatic carbocycles. The lowest BCUT2D eigenvalue weighted by molar-refractivity contribution is 0.0747. The Kier molecular flexibility index (Phi) is 4.69. The zero-order valence-electron chi connectivity index (χ0n) is 15.1. The molecule has 1 aliphatic rings. The minimum atomic E-state index is 0.0870. The lowest BCUT2D eigenvalue weighted by atomic mass is 10.2. The van der Waals surface area contributed by atoms with Crippen LogP contribution in [0, 0.1) is 5.92 Å². The minimum absolute atomic E-state index is 0.0870. The molecule has 0 bridgehead atoms. The smallest absolute Gasteiger partial charge is 0.255 e. The van der Waals surface area contributed by atoms with Gasteiger partial charge in [-0.2, -0.15) is 5.10 Å². The summed E-state index contributed by atoms with van der Waals surface area (Å²) in [6, 6.07) is 12.1. The maximum Gasteiger partial charge on any atom is 0.255 e. The molecule has 0 N–H and O–H groups in total. The molecule has 0 spiro atoms. The number of amides is 1. The van der Waals surface area contributed by atoms with Gasteiger partial charge in [0.25, 0.3) is 5.91 Å². The van der Waals surface area contributed by atoms with Gasteiger partial charge in [0, 0.05) is 24.7 Å². The van der Waals surface area contributed by atoms with Crippen LogP contribution in [0.1, 0.15) is 42.1 Å². The fraction of sp³-hybridized carbons (Fsp3) is 0.381. The van der Waals surface area contributed by atoms with Crippen molar-refractivity contribution in [3.05, 3.63) is 59.9 Å². The van der Waals surface area contributed by atoms with E-state index in [0.29, 0.717) is 18.0 Å². The zero-order chi connectivity index (χ0) is 17.9. The normalized spacial score (nSPS) is 13.9. The fourth-order valence-electron chi connectivity index (χ4n) is 3.30. The summed E-state index contributed by atoms with van der Waals surface area (Å²) >= 11 is 0. The van der Waals surface area contributed by atoms with Crippen molar-refractivity contribution >= 4 is 16.9 Å². The van der Waals surface area contributed by atoms with Crippen molar-refractivity contribution in [1.29, 1.82) is 0 Å². The monoisotopic (exact) mass is 348 g/mol. The van der Waals surface area contributed by atoms with Crippen molar-refractivity contribution in [2.45, 2.75) is 32.7 Å². The number of rotatable bonds is 7. The minimum Gasteiger partial charge on any atom is -0.338 e. The maximum absolute atomic E-state index is 12.9. The Balaban J connectivity index is 1.56. The Morgan fingerprint density at radius 1 is 1.23 bits per heavy atom. The summed E-state index contributed by atoms with van der Waals surface area (Å²) < 4.78 is 1.88. The third-order valence-corrected chi connectivity index (χ3v) is 4.85. The predicted octanol–water partition coefficient (Wildman–Crippen LogP) is 3.74. The van der Waals surface area contributed by atoms with Gasteiger partial charge in [-0.3, -0.25) is 4.79 Å². The predicted molar refractivity (Wildman–Crippen MR) is 102 cm³/mol. The molecule has 1 aromatic carbocycles. The van der Waals surface area contributed by atoms with Crippen LogP contribution >= 0.6 is 0 Å². The molecule has 1 amide bonds. The second kappa shape index (κ2) is 7.28. The Bertz CT molecular complexity index is 899. The van der Waals surface area contributed by atoms with Crippen LogP contribution in [0.5, 0.6) is 0 Å². The maximum atomic E-state index is 12.9. The van der Waals surface area contributed by atoms with E-state index in [2.05, 4.69) is 29.1 Å². The summed E-state index contributed by atoms with van der Waals surface area (Å²) in [4.78, 5) is 19.4. The second-order valence-electron chi connectivity index (χ2n) is 7.12. The van der Waals surface area contributed by atoms with Crippen molar-refractivity contribution in [2.75, 3.05) is 13.1 Å². The molecule has 5 nitrogen and oxygen atoms in total. The number of pyridine rings is 1. The summed E-state index contributed by atoms with van der Waals surface area (Å²) in [5.74, 6) is 0.778. The quantitative estimate of drug-likeness (QED) is 0.653. The molecule has 134 valence electrons. The van der Waals surface area contributed by atoms with Gasteiger partial charge in [0.05, 0.1) is 18.3 Å². The first kappa shape index (κ1) is 16.8. The molecule has 0 atom stereocenters. The van der Waals surface area contributed by atoms with E-state index in [4.69, 9.17) is 0 Å². The number of fused-ring (bicyclic) bond motifs is 1. The van der Waals surface area contributed by atoms with Gasteiger partial charge in [0.15, 0.2) is 5.65 Å². The molecule has 5 heteroatoms. The molecule has 2 heterocycles. The van der Waals surface area contributed by atoms with Gasteiger partial charge in [-0.25, -0.2) is 9.67 Å². The molecule has 26 heavy (non-hydrogen) atoms. The number of nitrogens with zero attached hydrogens (tertiary/aromatic N) is 4. The molecular formula is C21H24N4O. The van der Waals surface area contributed by atoms with Crippen LogP contribution in [0.25, 0.3) is 11.0 Å².